The number of fused-ring (bicyclic) bond motifs is 1. The van der Waals surface area contributed by atoms with Crippen LogP contribution >= 0.6 is 11.6 Å². The fourth-order valence-corrected chi connectivity index (χ4v) is 3.02. The van der Waals surface area contributed by atoms with E-state index in [1.807, 2.05) is 38.1 Å². The van der Waals surface area contributed by atoms with E-state index >= 15 is 0 Å². The standard InChI is InChI=1S/C20H19ClN2O4/c1-11-7-12(2)9-14(8-11)26-10-17(24)22-23-20(25)18-13(3)15-5-4-6-16(21)19(15)27-18/h4-9H,10H2,1-3H3,(H,22,24)(H,23,25). The summed E-state index contributed by atoms with van der Waals surface area (Å²) in [5, 5.41) is 1.16. The molecule has 0 saturated carbocycles. The summed E-state index contributed by atoms with van der Waals surface area (Å²) in [7, 11) is 0. The van der Waals surface area contributed by atoms with Crippen LogP contribution in [0, 0.1) is 20.8 Å². The molecule has 0 fully saturated rings. The Balaban J connectivity index is 1.59. The zero-order chi connectivity index (χ0) is 19.6. The number of carbonyl (C=O) groups excluding carboxylic acids is 2. The van der Waals surface area contributed by atoms with Gasteiger partial charge in [-0.2, -0.15) is 0 Å². The first-order chi connectivity index (χ1) is 12.8. The highest BCUT2D eigenvalue weighted by atomic mass is 35.5. The van der Waals surface area contributed by atoms with Crippen molar-refractivity contribution in [3.63, 3.8) is 0 Å². The topological polar surface area (TPSA) is 80.6 Å². The monoisotopic (exact) mass is 386 g/mol. The first kappa shape index (κ1) is 18.8. The molecular weight excluding hydrogens is 368 g/mol. The number of hydrogen-bond donors (Lipinski definition) is 2. The minimum Gasteiger partial charge on any atom is -0.484 e. The number of amides is 2. The van der Waals surface area contributed by atoms with Gasteiger partial charge in [0, 0.05) is 10.9 Å². The second-order valence-electron chi connectivity index (χ2n) is 6.29. The number of hydrogen-bond acceptors (Lipinski definition) is 4. The first-order valence-electron chi connectivity index (χ1n) is 8.33. The van der Waals surface area contributed by atoms with Gasteiger partial charge in [0.25, 0.3) is 5.91 Å². The third-order valence-electron chi connectivity index (χ3n) is 4.00. The van der Waals surface area contributed by atoms with E-state index < -0.39 is 11.8 Å². The molecule has 7 heteroatoms. The molecule has 1 aromatic heterocycles. The Morgan fingerprint density at radius 3 is 2.44 bits per heavy atom. The van der Waals surface area contributed by atoms with Gasteiger partial charge in [0.2, 0.25) is 0 Å². The smallest absolute Gasteiger partial charge is 0.305 e. The maximum atomic E-state index is 12.3. The highest BCUT2D eigenvalue weighted by Crippen LogP contribution is 2.30. The summed E-state index contributed by atoms with van der Waals surface area (Å²) in [6.07, 6.45) is 0. The number of hydrazine groups is 1. The Morgan fingerprint density at radius 1 is 1.07 bits per heavy atom. The molecule has 3 aromatic rings. The highest BCUT2D eigenvalue weighted by molar-refractivity contribution is 6.35. The van der Waals surface area contributed by atoms with E-state index in [1.54, 1.807) is 19.1 Å². The molecule has 0 aliphatic rings. The Morgan fingerprint density at radius 2 is 1.78 bits per heavy atom. The number of furan rings is 1. The summed E-state index contributed by atoms with van der Waals surface area (Å²) < 4.78 is 11.0. The van der Waals surface area contributed by atoms with Gasteiger partial charge in [0.15, 0.2) is 18.0 Å². The minimum absolute atomic E-state index is 0.0913. The fourth-order valence-electron chi connectivity index (χ4n) is 2.81. The van der Waals surface area contributed by atoms with Crippen LogP contribution < -0.4 is 15.6 Å². The maximum absolute atomic E-state index is 12.3. The number of carbonyl (C=O) groups is 2. The van der Waals surface area contributed by atoms with Crippen LogP contribution in [0.4, 0.5) is 0 Å². The fraction of sp³-hybridized carbons (Fsp3) is 0.200. The molecular formula is C20H19ClN2O4. The van der Waals surface area contributed by atoms with Crippen LogP contribution in [0.5, 0.6) is 5.75 Å². The van der Waals surface area contributed by atoms with Crippen molar-refractivity contribution >= 4 is 34.4 Å². The molecule has 0 bridgehead atoms. The average molecular weight is 387 g/mol. The lowest BCUT2D eigenvalue weighted by Crippen LogP contribution is -2.43. The largest absolute Gasteiger partial charge is 0.484 e. The molecule has 2 aromatic carbocycles. The van der Waals surface area contributed by atoms with Crippen LogP contribution in [0.15, 0.2) is 40.8 Å². The van der Waals surface area contributed by atoms with Gasteiger partial charge in [-0.05, 0) is 50.1 Å². The van der Waals surface area contributed by atoms with Gasteiger partial charge in [-0.25, -0.2) is 0 Å². The number of aryl methyl sites for hydroxylation is 3. The van der Waals surface area contributed by atoms with Gasteiger partial charge in [-0.15, -0.1) is 0 Å². The van der Waals surface area contributed by atoms with Crippen LogP contribution in [-0.2, 0) is 4.79 Å². The predicted octanol–water partition coefficient (Wildman–Crippen LogP) is 3.85. The van der Waals surface area contributed by atoms with Gasteiger partial charge in [-0.1, -0.05) is 29.8 Å². The van der Waals surface area contributed by atoms with Crippen LogP contribution in [0.1, 0.15) is 27.2 Å². The molecule has 2 N–H and O–H groups in total. The Hall–Kier alpha value is -2.99. The third kappa shape index (κ3) is 4.23. The molecule has 0 radical (unpaired) electrons. The normalized spacial score (nSPS) is 10.7. The average Bonchev–Trinajstić information content (AvgIpc) is 2.95. The van der Waals surface area contributed by atoms with Crippen molar-refractivity contribution in [2.24, 2.45) is 0 Å². The maximum Gasteiger partial charge on any atom is 0.305 e. The van der Waals surface area contributed by atoms with Crippen molar-refractivity contribution in [3.05, 3.63) is 63.9 Å². The molecule has 27 heavy (non-hydrogen) atoms. The first-order valence-corrected chi connectivity index (χ1v) is 8.71. The van der Waals surface area contributed by atoms with Gasteiger partial charge < -0.3 is 9.15 Å². The Kier molecular flexibility index (Phi) is 5.37. The molecule has 2 amide bonds. The SMILES string of the molecule is Cc1cc(C)cc(OCC(=O)NNC(=O)c2oc3c(Cl)cccc3c2C)c1. The lowest BCUT2D eigenvalue weighted by Gasteiger charge is -2.09. The van der Waals surface area contributed by atoms with E-state index in [0.717, 1.165) is 16.5 Å². The van der Waals surface area contributed by atoms with Gasteiger partial charge in [0.1, 0.15) is 5.75 Å². The summed E-state index contributed by atoms with van der Waals surface area (Å²) >= 11 is 6.08. The van der Waals surface area contributed by atoms with E-state index in [9.17, 15) is 9.59 Å². The zero-order valence-electron chi connectivity index (χ0n) is 15.2. The Labute approximate surface area is 161 Å². The van der Waals surface area contributed by atoms with Crippen molar-refractivity contribution < 1.29 is 18.7 Å². The molecule has 0 unspecified atom stereocenters. The number of para-hydroxylation sites is 1. The number of nitrogens with one attached hydrogen (secondary N) is 2. The van der Waals surface area contributed by atoms with Gasteiger partial charge >= 0.3 is 5.91 Å². The molecule has 0 spiro atoms. The lowest BCUT2D eigenvalue weighted by atomic mass is 10.1. The number of rotatable bonds is 4. The molecule has 1 heterocycles. The highest BCUT2D eigenvalue weighted by Gasteiger charge is 2.19. The number of ether oxygens (including phenoxy) is 1. The van der Waals surface area contributed by atoms with E-state index in [-0.39, 0.29) is 12.4 Å². The van der Waals surface area contributed by atoms with E-state index in [0.29, 0.717) is 21.9 Å². The summed E-state index contributed by atoms with van der Waals surface area (Å²) in [5.41, 5.74) is 7.79. The summed E-state index contributed by atoms with van der Waals surface area (Å²) in [4.78, 5) is 24.2. The summed E-state index contributed by atoms with van der Waals surface area (Å²) in [6, 6.07) is 10.9. The number of halogens is 1. The molecule has 0 atom stereocenters. The van der Waals surface area contributed by atoms with Crippen molar-refractivity contribution in [2.45, 2.75) is 20.8 Å². The van der Waals surface area contributed by atoms with E-state index in [4.69, 9.17) is 20.8 Å². The van der Waals surface area contributed by atoms with E-state index in [1.165, 1.54) is 0 Å². The van der Waals surface area contributed by atoms with Crippen molar-refractivity contribution in [2.75, 3.05) is 6.61 Å². The molecule has 0 aliphatic heterocycles. The second-order valence-corrected chi connectivity index (χ2v) is 6.69. The molecule has 0 aliphatic carbocycles. The minimum atomic E-state index is -0.570. The molecule has 140 valence electrons. The van der Waals surface area contributed by atoms with Crippen molar-refractivity contribution in [3.8, 4) is 5.75 Å². The van der Waals surface area contributed by atoms with Crippen molar-refractivity contribution in [1.82, 2.24) is 10.9 Å². The van der Waals surface area contributed by atoms with Crippen molar-refractivity contribution in [1.29, 1.82) is 0 Å². The predicted molar refractivity (Wildman–Crippen MR) is 103 cm³/mol. The van der Waals surface area contributed by atoms with Gasteiger partial charge in [-0.3, -0.25) is 20.4 Å². The second kappa shape index (κ2) is 7.72. The molecule has 0 saturated heterocycles. The van der Waals surface area contributed by atoms with Crippen LogP contribution in [-0.4, -0.2) is 18.4 Å². The summed E-state index contributed by atoms with van der Waals surface area (Å²) in [6.45, 7) is 5.42. The van der Waals surface area contributed by atoms with Crippen LogP contribution in [0.25, 0.3) is 11.0 Å². The van der Waals surface area contributed by atoms with Crippen LogP contribution in [0.2, 0.25) is 5.02 Å². The number of benzene rings is 2. The molecule has 3 rings (SSSR count). The third-order valence-corrected chi connectivity index (χ3v) is 4.30. The molecule has 6 nitrogen and oxygen atoms in total. The lowest BCUT2D eigenvalue weighted by molar-refractivity contribution is -0.123. The Bertz CT molecular complexity index is 1010. The van der Waals surface area contributed by atoms with Gasteiger partial charge in [0.05, 0.1) is 5.02 Å². The van der Waals surface area contributed by atoms with E-state index in [2.05, 4.69) is 10.9 Å². The summed E-state index contributed by atoms with van der Waals surface area (Å²) in [5.74, 6) is -0.376. The van der Waals surface area contributed by atoms with Crippen LogP contribution in [0.3, 0.4) is 0 Å². The quantitative estimate of drug-likeness (QED) is 0.667. The zero-order valence-corrected chi connectivity index (χ0v) is 15.9.